The molecule has 2 heteroatoms. The fraction of sp³-hybridized carbons (Fsp3) is 0.800. The molecule has 0 aromatic rings. The van der Waals surface area contributed by atoms with E-state index >= 15 is 0 Å². The third kappa shape index (κ3) is 2.18. The minimum atomic E-state index is -0.833. The maximum atomic E-state index is 12.2. The van der Waals surface area contributed by atoms with Gasteiger partial charge in [-0.05, 0) is 6.92 Å². The van der Waals surface area contributed by atoms with Crippen molar-refractivity contribution in [1.29, 1.82) is 0 Å². The number of halogens is 1. The average molecular weight is 176 g/mol. The second kappa shape index (κ2) is 2.54. The normalized spacial score (nSPS) is 24.9. The molecule has 0 aromatic heterocycles. The first kappa shape index (κ1) is 8.03. The molecule has 1 rings (SSSR count). The third-order valence-corrected chi connectivity index (χ3v) is 1.14. The molecule has 0 N–H and O–H groups in total. The van der Waals surface area contributed by atoms with Crippen LogP contribution in [-0.2, 0) is 32.7 Å². The quantitative estimate of drug-likeness (QED) is 0.493. The molecule has 0 atom stereocenters. The van der Waals surface area contributed by atoms with E-state index in [9.17, 15) is 4.39 Å². The summed E-state index contributed by atoms with van der Waals surface area (Å²) in [6.07, 6.45) is 3.28. The first-order valence-corrected chi connectivity index (χ1v) is 2.21. The van der Waals surface area contributed by atoms with Crippen LogP contribution in [0.4, 0.5) is 4.39 Å². The molecule has 1 radical (unpaired) electrons. The van der Waals surface area contributed by atoms with Gasteiger partial charge in [-0.15, -0.1) is 12.8 Å². The van der Waals surface area contributed by atoms with Crippen LogP contribution >= 0.6 is 0 Å². The van der Waals surface area contributed by atoms with Gasteiger partial charge in [0.05, 0.1) is 5.67 Å². The Morgan fingerprint density at radius 1 is 1.57 bits per heavy atom. The summed E-state index contributed by atoms with van der Waals surface area (Å²) in [6, 6.07) is 0. The summed E-state index contributed by atoms with van der Waals surface area (Å²) < 4.78 is 12.2. The molecule has 0 spiro atoms. The largest absolute Gasteiger partial charge is 0.323 e. The van der Waals surface area contributed by atoms with E-state index in [0.29, 0.717) is 12.8 Å². The fourth-order valence-electron chi connectivity index (χ4n) is 0.542. The van der Waals surface area contributed by atoms with Crippen LogP contribution in [0.15, 0.2) is 0 Å². The Hall–Kier alpha value is 1.03. The van der Waals surface area contributed by atoms with Gasteiger partial charge in [0.2, 0.25) is 0 Å². The predicted molar refractivity (Wildman–Crippen MR) is 23.0 cm³/mol. The van der Waals surface area contributed by atoms with Crippen LogP contribution in [0.1, 0.15) is 19.8 Å². The molecule has 0 aliphatic heterocycles. The van der Waals surface area contributed by atoms with Crippen molar-refractivity contribution < 1.29 is 37.1 Å². The number of hydrogen-bond donors (Lipinski definition) is 0. The zero-order valence-electron chi connectivity index (χ0n) is 4.45. The second-order valence-electron chi connectivity index (χ2n) is 2.11. The first-order chi connectivity index (χ1) is 2.71. The van der Waals surface area contributed by atoms with Crippen molar-refractivity contribution >= 4 is 0 Å². The molecule has 0 saturated heterocycles. The van der Waals surface area contributed by atoms with Crippen molar-refractivity contribution in [1.82, 2.24) is 0 Å². The molecule has 0 heterocycles. The summed E-state index contributed by atoms with van der Waals surface area (Å²) in [4.78, 5) is 0. The summed E-state index contributed by atoms with van der Waals surface area (Å²) in [6.45, 7) is 1.63. The molecule has 0 unspecified atom stereocenters. The van der Waals surface area contributed by atoms with Gasteiger partial charge in [0.15, 0.2) is 0 Å². The maximum Gasteiger partial charge on any atom is 0.0546 e. The maximum absolute atomic E-state index is 12.2. The molecule has 1 aliphatic rings. The van der Waals surface area contributed by atoms with Crippen molar-refractivity contribution in [2.75, 3.05) is 0 Å². The number of rotatable bonds is 0. The van der Waals surface area contributed by atoms with Crippen LogP contribution in [0.25, 0.3) is 0 Å². The molecule has 0 nitrogen and oxygen atoms in total. The van der Waals surface area contributed by atoms with E-state index in [0.717, 1.165) is 0 Å². The molecule has 0 bridgehead atoms. The van der Waals surface area contributed by atoms with Crippen LogP contribution < -0.4 is 0 Å². The topological polar surface area (TPSA) is 0 Å². The van der Waals surface area contributed by atoms with Crippen LogP contribution in [0.2, 0.25) is 0 Å². The van der Waals surface area contributed by atoms with Crippen molar-refractivity contribution in [3.8, 4) is 0 Å². The van der Waals surface area contributed by atoms with Gasteiger partial charge in [0.25, 0.3) is 0 Å². The van der Waals surface area contributed by atoms with E-state index in [-0.39, 0.29) is 32.7 Å². The van der Waals surface area contributed by atoms with Crippen LogP contribution in [0.3, 0.4) is 0 Å². The molecule has 1 fully saturated rings. The molecular weight excluding hydrogens is 168 g/mol. The van der Waals surface area contributed by atoms with E-state index in [2.05, 4.69) is 0 Å². The monoisotopic (exact) mass is 176 g/mol. The van der Waals surface area contributed by atoms with Gasteiger partial charge in [0.1, 0.15) is 0 Å². The van der Waals surface area contributed by atoms with Gasteiger partial charge in [-0.3, -0.25) is 0 Å². The van der Waals surface area contributed by atoms with Gasteiger partial charge in [-0.2, -0.15) is 0 Å². The Morgan fingerprint density at radius 2 is 1.86 bits per heavy atom. The Balaban J connectivity index is 0.000000360. The van der Waals surface area contributed by atoms with E-state index < -0.39 is 5.67 Å². The summed E-state index contributed by atoms with van der Waals surface area (Å²) in [5.74, 6) is 0. The average Bonchev–Trinajstić information content (AvgIpc) is 1.32. The number of alkyl halides is 1. The molecule has 39 valence electrons. The van der Waals surface area contributed by atoms with E-state index in [1.807, 2.05) is 6.42 Å². The van der Waals surface area contributed by atoms with Crippen molar-refractivity contribution in [3.05, 3.63) is 6.42 Å². The Kier molecular flexibility index (Phi) is 2.92. The Bertz CT molecular complexity index is 55.1. The summed E-state index contributed by atoms with van der Waals surface area (Å²) in [5.41, 5.74) is -0.833. The van der Waals surface area contributed by atoms with Crippen molar-refractivity contribution in [3.63, 3.8) is 0 Å². The van der Waals surface area contributed by atoms with Gasteiger partial charge in [-0.1, -0.05) is 0 Å². The molecule has 0 aromatic carbocycles. The first-order valence-electron chi connectivity index (χ1n) is 2.21. The SMILES string of the molecule is CC1(F)C[CH-]C1.[Y]. The molecule has 7 heavy (non-hydrogen) atoms. The minimum Gasteiger partial charge on any atom is -0.323 e. The van der Waals surface area contributed by atoms with Crippen molar-refractivity contribution in [2.45, 2.75) is 25.4 Å². The third-order valence-electron chi connectivity index (χ3n) is 1.14. The van der Waals surface area contributed by atoms with Crippen LogP contribution in [0, 0.1) is 6.42 Å². The van der Waals surface area contributed by atoms with Gasteiger partial charge in [0, 0.05) is 32.7 Å². The standard InChI is InChI=1S/C5H8F.Y/c1-5(6)3-2-4-5;/h2H,3-4H2,1H3;/q-1;. The number of hydrogen-bond acceptors (Lipinski definition) is 0. The minimum absolute atomic E-state index is 0. The Morgan fingerprint density at radius 3 is 1.86 bits per heavy atom. The van der Waals surface area contributed by atoms with Crippen LogP contribution in [-0.4, -0.2) is 5.67 Å². The second-order valence-corrected chi connectivity index (χ2v) is 2.11. The van der Waals surface area contributed by atoms with Crippen LogP contribution in [0.5, 0.6) is 0 Å². The smallest absolute Gasteiger partial charge is 0.0546 e. The van der Waals surface area contributed by atoms with E-state index in [1.54, 1.807) is 6.92 Å². The predicted octanol–water partition coefficient (Wildman–Crippen LogP) is 1.71. The molecule has 1 aliphatic carbocycles. The summed E-state index contributed by atoms with van der Waals surface area (Å²) >= 11 is 0. The summed E-state index contributed by atoms with van der Waals surface area (Å²) in [7, 11) is 0. The van der Waals surface area contributed by atoms with Crippen molar-refractivity contribution in [2.24, 2.45) is 0 Å². The summed E-state index contributed by atoms with van der Waals surface area (Å²) in [5, 5.41) is 0. The Labute approximate surface area is 68.7 Å². The van der Waals surface area contributed by atoms with E-state index in [1.165, 1.54) is 0 Å². The van der Waals surface area contributed by atoms with E-state index in [4.69, 9.17) is 0 Å². The molecule has 1 saturated carbocycles. The van der Waals surface area contributed by atoms with Gasteiger partial charge in [-0.25, -0.2) is 4.39 Å². The molecule has 0 amide bonds. The van der Waals surface area contributed by atoms with Gasteiger partial charge >= 0.3 is 0 Å². The molecular formula is C5H8FY-. The van der Waals surface area contributed by atoms with Gasteiger partial charge < -0.3 is 6.42 Å². The fourth-order valence-corrected chi connectivity index (χ4v) is 0.542. The zero-order valence-corrected chi connectivity index (χ0v) is 7.29. The zero-order chi connectivity index (χ0) is 4.62.